The van der Waals surface area contributed by atoms with E-state index >= 15 is 0 Å². The molecule has 2 rings (SSSR count). The van der Waals surface area contributed by atoms with Crippen LogP contribution in [0.15, 0.2) is 30.3 Å². The van der Waals surface area contributed by atoms with Gasteiger partial charge in [0.25, 0.3) is 0 Å². The van der Waals surface area contributed by atoms with Crippen molar-refractivity contribution in [2.24, 2.45) is 11.3 Å². The van der Waals surface area contributed by atoms with Gasteiger partial charge in [-0.1, -0.05) is 44.2 Å². The molecule has 124 valence electrons. The van der Waals surface area contributed by atoms with Crippen molar-refractivity contribution < 1.29 is 5.11 Å². The predicted octanol–water partition coefficient (Wildman–Crippen LogP) is 1.31. The standard InChI is InChI=1S/C18H31N3O/c1-18(2,13-20-10-16-9-19-11-17(16)22)14-21(3)12-15-7-5-4-6-8-15/h4-8,16-17,19-20,22H,9-14H2,1-3H3. The molecule has 2 unspecified atom stereocenters. The summed E-state index contributed by atoms with van der Waals surface area (Å²) < 4.78 is 0. The molecule has 1 heterocycles. The molecule has 0 aliphatic carbocycles. The Morgan fingerprint density at radius 2 is 2.00 bits per heavy atom. The first-order chi connectivity index (χ1) is 10.5. The number of β-amino-alcohol motifs (C(OH)–C–C–N with tert-alkyl or cyclic N) is 1. The lowest BCUT2D eigenvalue weighted by Gasteiger charge is -2.31. The van der Waals surface area contributed by atoms with Crippen LogP contribution < -0.4 is 10.6 Å². The van der Waals surface area contributed by atoms with Gasteiger partial charge in [0.1, 0.15) is 0 Å². The maximum Gasteiger partial charge on any atom is 0.0716 e. The number of hydrogen-bond acceptors (Lipinski definition) is 4. The summed E-state index contributed by atoms with van der Waals surface area (Å²) in [5.74, 6) is 0.345. The third-order valence-corrected chi connectivity index (χ3v) is 4.31. The van der Waals surface area contributed by atoms with Gasteiger partial charge in [0.05, 0.1) is 6.10 Å². The monoisotopic (exact) mass is 305 g/mol. The highest BCUT2D eigenvalue weighted by atomic mass is 16.3. The second kappa shape index (κ2) is 8.06. The molecule has 4 nitrogen and oxygen atoms in total. The van der Waals surface area contributed by atoms with Gasteiger partial charge in [0, 0.05) is 45.2 Å². The number of nitrogens with one attached hydrogen (secondary N) is 2. The number of benzene rings is 1. The molecule has 1 aromatic rings. The lowest BCUT2D eigenvalue weighted by molar-refractivity contribution is 0.140. The molecule has 1 fully saturated rings. The van der Waals surface area contributed by atoms with Crippen LogP contribution in [0, 0.1) is 11.3 Å². The van der Waals surface area contributed by atoms with Crippen LogP contribution in [0.1, 0.15) is 19.4 Å². The Morgan fingerprint density at radius 3 is 2.64 bits per heavy atom. The van der Waals surface area contributed by atoms with E-state index in [1.54, 1.807) is 0 Å². The van der Waals surface area contributed by atoms with Gasteiger partial charge in [-0.25, -0.2) is 0 Å². The van der Waals surface area contributed by atoms with E-state index in [-0.39, 0.29) is 11.5 Å². The van der Waals surface area contributed by atoms with E-state index in [9.17, 15) is 5.11 Å². The van der Waals surface area contributed by atoms with E-state index in [1.807, 2.05) is 0 Å². The van der Waals surface area contributed by atoms with Gasteiger partial charge in [0.2, 0.25) is 0 Å². The Labute approximate surface area is 134 Å². The fraction of sp³-hybridized carbons (Fsp3) is 0.667. The zero-order chi connectivity index (χ0) is 16.0. The van der Waals surface area contributed by atoms with Crippen molar-refractivity contribution in [1.29, 1.82) is 0 Å². The summed E-state index contributed by atoms with van der Waals surface area (Å²) in [5, 5.41) is 16.6. The van der Waals surface area contributed by atoms with Crippen LogP contribution in [0.5, 0.6) is 0 Å². The molecule has 1 aromatic carbocycles. The van der Waals surface area contributed by atoms with E-state index in [2.05, 4.69) is 66.8 Å². The summed E-state index contributed by atoms with van der Waals surface area (Å²) in [6, 6.07) is 10.6. The minimum absolute atomic E-state index is 0.198. The first-order valence-corrected chi connectivity index (χ1v) is 8.28. The van der Waals surface area contributed by atoms with Crippen LogP contribution in [0.3, 0.4) is 0 Å². The molecule has 22 heavy (non-hydrogen) atoms. The van der Waals surface area contributed by atoms with Gasteiger partial charge in [-0.3, -0.25) is 0 Å². The SMILES string of the molecule is CN(Cc1ccccc1)CC(C)(C)CNCC1CNCC1O. The van der Waals surface area contributed by atoms with Gasteiger partial charge in [0.15, 0.2) is 0 Å². The van der Waals surface area contributed by atoms with E-state index in [0.717, 1.165) is 39.3 Å². The highest BCUT2D eigenvalue weighted by Gasteiger charge is 2.26. The van der Waals surface area contributed by atoms with Crippen molar-refractivity contribution in [2.45, 2.75) is 26.5 Å². The summed E-state index contributed by atoms with van der Waals surface area (Å²) in [4.78, 5) is 2.38. The topological polar surface area (TPSA) is 47.5 Å². The fourth-order valence-electron chi connectivity index (χ4n) is 3.26. The maximum atomic E-state index is 9.82. The molecule has 0 saturated carbocycles. The molecule has 0 spiro atoms. The van der Waals surface area contributed by atoms with Crippen molar-refractivity contribution in [3.8, 4) is 0 Å². The van der Waals surface area contributed by atoms with Gasteiger partial charge in [-0.15, -0.1) is 0 Å². The largest absolute Gasteiger partial charge is 0.391 e. The summed E-state index contributed by atoms with van der Waals surface area (Å²) in [7, 11) is 2.18. The summed E-state index contributed by atoms with van der Waals surface area (Å²) in [6.07, 6.45) is -0.198. The smallest absolute Gasteiger partial charge is 0.0716 e. The Kier molecular flexibility index (Phi) is 6.38. The van der Waals surface area contributed by atoms with Gasteiger partial charge in [-0.2, -0.15) is 0 Å². The number of hydrogen-bond donors (Lipinski definition) is 3. The maximum absolute atomic E-state index is 9.82. The van der Waals surface area contributed by atoms with Crippen LogP contribution in [0.25, 0.3) is 0 Å². The third kappa shape index (κ3) is 5.69. The van der Waals surface area contributed by atoms with E-state index in [1.165, 1.54) is 5.56 Å². The number of aliphatic hydroxyl groups excluding tert-OH is 1. The number of rotatable bonds is 8. The highest BCUT2D eigenvalue weighted by molar-refractivity contribution is 5.14. The lowest BCUT2D eigenvalue weighted by atomic mass is 9.92. The Balaban J connectivity index is 1.70. The van der Waals surface area contributed by atoms with Crippen molar-refractivity contribution in [1.82, 2.24) is 15.5 Å². The van der Waals surface area contributed by atoms with Crippen molar-refractivity contribution in [2.75, 3.05) is 39.8 Å². The van der Waals surface area contributed by atoms with Crippen LogP contribution in [0.2, 0.25) is 0 Å². The summed E-state index contributed by atoms with van der Waals surface area (Å²) in [5.41, 5.74) is 1.56. The van der Waals surface area contributed by atoms with Gasteiger partial charge < -0.3 is 20.6 Å². The van der Waals surface area contributed by atoms with E-state index in [4.69, 9.17) is 0 Å². The molecular weight excluding hydrogens is 274 g/mol. The van der Waals surface area contributed by atoms with Gasteiger partial charge in [-0.05, 0) is 18.0 Å². The van der Waals surface area contributed by atoms with Gasteiger partial charge >= 0.3 is 0 Å². The van der Waals surface area contributed by atoms with Crippen molar-refractivity contribution in [3.05, 3.63) is 35.9 Å². The average Bonchev–Trinajstić information content (AvgIpc) is 2.84. The molecular formula is C18H31N3O. The second-order valence-electron chi connectivity index (χ2n) is 7.44. The van der Waals surface area contributed by atoms with Crippen molar-refractivity contribution in [3.63, 3.8) is 0 Å². The first-order valence-electron chi connectivity index (χ1n) is 8.28. The molecule has 1 aliphatic rings. The van der Waals surface area contributed by atoms with E-state index in [0.29, 0.717) is 5.92 Å². The Hall–Kier alpha value is -0.940. The average molecular weight is 305 g/mol. The quantitative estimate of drug-likeness (QED) is 0.678. The van der Waals surface area contributed by atoms with Crippen LogP contribution in [0.4, 0.5) is 0 Å². The summed E-state index contributed by atoms with van der Waals surface area (Å²) in [6.45, 7) is 10.1. The first kappa shape index (κ1) is 17.4. The van der Waals surface area contributed by atoms with Crippen LogP contribution >= 0.6 is 0 Å². The second-order valence-corrected chi connectivity index (χ2v) is 7.44. The van der Waals surface area contributed by atoms with E-state index < -0.39 is 0 Å². The zero-order valence-corrected chi connectivity index (χ0v) is 14.2. The lowest BCUT2D eigenvalue weighted by Crippen LogP contribution is -2.41. The normalized spacial score (nSPS) is 22.4. The van der Waals surface area contributed by atoms with Crippen LogP contribution in [-0.2, 0) is 6.54 Å². The molecule has 0 bridgehead atoms. The predicted molar refractivity (Wildman–Crippen MR) is 91.8 cm³/mol. The number of aliphatic hydroxyl groups is 1. The minimum Gasteiger partial charge on any atom is -0.391 e. The third-order valence-electron chi connectivity index (χ3n) is 4.31. The molecule has 4 heteroatoms. The highest BCUT2D eigenvalue weighted by Crippen LogP contribution is 2.17. The minimum atomic E-state index is -0.198. The van der Waals surface area contributed by atoms with Crippen LogP contribution in [-0.4, -0.2) is 55.9 Å². The summed E-state index contributed by atoms with van der Waals surface area (Å²) >= 11 is 0. The Bertz CT molecular complexity index is 435. The fourth-order valence-corrected chi connectivity index (χ4v) is 3.26. The molecule has 0 aromatic heterocycles. The molecule has 0 radical (unpaired) electrons. The zero-order valence-electron chi connectivity index (χ0n) is 14.2. The van der Waals surface area contributed by atoms with Crippen molar-refractivity contribution >= 4 is 0 Å². The molecule has 1 aliphatic heterocycles. The molecule has 2 atom stereocenters. The Morgan fingerprint density at radius 1 is 1.27 bits per heavy atom. The molecule has 0 amide bonds. The number of nitrogens with zero attached hydrogens (tertiary/aromatic N) is 1. The molecule has 1 saturated heterocycles. The molecule has 3 N–H and O–H groups in total.